The maximum Gasteiger partial charge on any atom is 0.246 e. The van der Waals surface area contributed by atoms with E-state index in [1.807, 2.05) is 37.3 Å². The fraction of sp³-hybridized carbons (Fsp3) is 0.208. The Morgan fingerprint density at radius 3 is 2.73 bits per heavy atom. The van der Waals surface area contributed by atoms with E-state index in [0.717, 1.165) is 16.6 Å². The van der Waals surface area contributed by atoms with Crippen molar-refractivity contribution in [3.8, 4) is 5.75 Å². The Labute approximate surface area is 231 Å². The topological polar surface area (TPSA) is 123 Å². The number of anilines is 2. The number of thioether (sulfide) groups is 1. The van der Waals surface area contributed by atoms with Crippen molar-refractivity contribution >= 4 is 79.8 Å². The minimum atomic E-state index is -0.358. The Hall–Kier alpha value is -3.12. The first-order valence-electron chi connectivity index (χ1n) is 10.9. The van der Waals surface area contributed by atoms with E-state index in [0.29, 0.717) is 31.5 Å². The maximum absolute atomic E-state index is 12.8. The summed E-state index contributed by atoms with van der Waals surface area (Å²) in [6, 6.07) is 12.9. The molecule has 2 heterocycles. The number of carbonyl (C=O) groups is 2. The van der Waals surface area contributed by atoms with E-state index in [4.69, 9.17) is 33.7 Å². The second kappa shape index (κ2) is 12.0. The number of nitrogens with one attached hydrogen (secondary N) is 1. The van der Waals surface area contributed by atoms with E-state index in [1.165, 1.54) is 28.0 Å². The molecule has 0 spiro atoms. The second-order valence-electron chi connectivity index (χ2n) is 7.85. The molecule has 0 fully saturated rings. The van der Waals surface area contributed by atoms with E-state index in [2.05, 4.69) is 20.5 Å². The van der Waals surface area contributed by atoms with Crippen LogP contribution in [-0.4, -0.2) is 46.3 Å². The summed E-state index contributed by atoms with van der Waals surface area (Å²) in [6.45, 7) is 1.78. The largest absolute Gasteiger partial charge is 0.487 e. The summed E-state index contributed by atoms with van der Waals surface area (Å²) in [6.07, 6.45) is 0. The molecule has 0 saturated carbocycles. The number of para-hydroxylation sites is 1. The highest BCUT2D eigenvalue weighted by Gasteiger charge is 2.20. The molecule has 37 heavy (non-hydrogen) atoms. The highest BCUT2D eigenvalue weighted by molar-refractivity contribution is 8.01. The van der Waals surface area contributed by atoms with Gasteiger partial charge in [0.2, 0.25) is 16.9 Å². The molecular weight excluding hydrogens is 555 g/mol. The van der Waals surface area contributed by atoms with Gasteiger partial charge in [-0.1, -0.05) is 64.5 Å². The van der Waals surface area contributed by atoms with Crippen LogP contribution in [0.15, 0.2) is 46.8 Å². The molecule has 2 aromatic heterocycles. The molecule has 0 unspecified atom stereocenters. The predicted octanol–water partition coefficient (Wildman–Crippen LogP) is 4.73. The number of rotatable bonds is 9. The molecule has 0 radical (unpaired) electrons. The molecule has 4 rings (SSSR count). The third-order valence-electron chi connectivity index (χ3n) is 5.28. The van der Waals surface area contributed by atoms with Gasteiger partial charge in [-0.2, -0.15) is 0 Å². The van der Waals surface area contributed by atoms with E-state index in [-0.39, 0.29) is 35.7 Å². The maximum atomic E-state index is 12.8. The minimum Gasteiger partial charge on any atom is -0.487 e. The minimum absolute atomic E-state index is 0.0758. The molecule has 13 heteroatoms. The number of aryl methyl sites for hydroxylation is 1. The molecule has 192 valence electrons. The fourth-order valence-electron chi connectivity index (χ4n) is 3.34. The number of aromatic nitrogens is 3. The molecule has 2 amide bonds. The Kier molecular flexibility index (Phi) is 8.70. The van der Waals surface area contributed by atoms with Gasteiger partial charge in [0.15, 0.2) is 4.34 Å². The van der Waals surface area contributed by atoms with Crippen LogP contribution in [0.3, 0.4) is 0 Å². The van der Waals surface area contributed by atoms with Crippen LogP contribution in [0.5, 0.6) is 5.75 Å². The number of ether oxygens (including phenoxy) is 1. The molecule has 0 atom stereocenters. The lowest BCUT2D eigenvalue weighted by atomic mass is 10.1. The predicted molar refractivity (Wildman–Crippen MR) is 149 cm³/mol. The van der Waals surface area contributed by atoms with Crippen LogP contribution in [0.2, 0.25) is 10.0 Å². The smallest absolute Gasteiger partial charge is 0.246 e. The van der Waals surface area contributed by atoms with Gasteiger partial charge in [0, 0.05) is 28.7 Å². The number of nitrogen functional groups attached to an aromatic ring is 1. The second-order valence-corrected chi connectivity index (χ2v) is 10.9. The standard InChI is InChI=1S/C24H22Cl2N6O3S2/c1-13-6-7-14-4-3-5-18(22(14)29-13)35-11-15-16(25)8-9-17(21(15)26)32(2)20(34)10-28-19(33)12-36-24-31-30-23(27)37-24/h3-9H,10-12H2,1-2H3,(H2,27,30)(H,28,33). The number of likely N-dealkylation sites (N-methyl/N-ethyl adjacent to an activating group) is 1. The summed E-state index contributed by atoms with van der Waals surface area (Å²) in [5.41, 5.74) is 8.11. The van der Waals surface area contributed by atoms with E-state index in [1.54, 1.807) is 19.2 Å². The SMILES string of the molecule is Cc1ccc2cccc(OCc3c(Cl)ccc(N(C)C(=O)CNC(=O)CSc4nnc(N)s4)c3Cl)c2n1. The number of fused-ring (bicyclic) bond motifs is 1. The van der Waals surface area contributed by atoms with E-state index < -0.39 is 0 Å². The highest BCUT2D eigenvalue weighted by Crippen LogP contribution is 2.35. The average Bonchev–Trinajstić information content (AvgIpc) is 3.30. The third kappa shape index (κ3) is 6.61. The van der Waals surface area contributed by atoms with Gasteiger partial charge in [0.1, 0.15) is 17.9 Å². The van der Waals surface area contributed by atoms with Crippen LogP contribution in [-0.2, 0) is 16.2 Å². The normalized spacial score (nSPS) is 10.9. The number of nitrogens with zero attached hydrogens (tertiary/aromatic N) is 4. The summed E-state index contributed by atoms with van der Waals surface area (Å²) in [5, 5.41) is 12.1. The summed E-state index contributed by atoms with van der Waals surface area (Å²) in [5.74, 6) is -0.00350. The number of nitrogens with two attached hydrogens (primary N) is 1. The van der Waals surface area contributed by atoms with Gasteiger partial charge in [0.25, 0.3) is 0 Å². The van der Waals surface area contributed by atoms with Gasteiger partial charge in [-0.15, -0.1) is 10.2 Å². The van der Waals surface area contributed by atoms with Crippen molar-refractivity contribution in [3.63, 3.8) is 0 Å². The van der Waals surface area contributed by atoms with Crippen LogP contribution in [0.25, 0.3) is 10.9 Å². The van der Waals surface area contributed by atoms with Crippen molar-refractivity contribution in [2.24, 2.45) is 0 Å². The van der Waals surface area contributed by atoms with Crippen molar-refractivity contribution in [2.75, 3.05) is 30.0 Å². The molecular formula is C24H22Cl2N6O3S2. The molecule has 0 aliphatic carbocycles. The van der Waals surface area contributed by atoms with Crippen LogP contribution in [0.4, 0.5) is 10.8 Å². The Morgan fingerprint density at radius 1 is 1.16 bits per heavy atom. The zero-order valence-corrected chi connectivity index (χ0v) is 23.0. The van der Waals surface area contributed by atoms with Crippen molar-refractivity contribution < 1.29 is 14.3 Å². The van der Waals surface area contributed by atoms with Crippen LogP contribution in [0, 0.1) is 6.92 Å². The van der Waals surface area contributed by atoms with Crippen LogP contribution >= 0.6 is 46.3 Å². The Bertz CT molecular complexity index is 1470. The highest BCUT2D eigenvalue weighted by atomic mass is 35.5. The van der Waals surface area contributed by atoms with Gasteiger partial charge < -0.3 is 20.7 Å². The van der Waals surface area contributed by atoms with Gasteiger partial charge in [-0.25, -0.2) is 4.98 Å². The molecule has 4 aromatic rings. The fourth-order valence-corrected chi connectivity index (χ4v) is 5.42. The van der Waals surface area contributed by atoms with Gasteiger partial charge >= 0.3 is 0 Å². The first-order chi connectivity index (χ1) is 17.7. The number of benzene rings is 2. The molecule has 0 aliphatic rings. The summed E-state index contributed by atoms with van der Waals surface area (Å²) >= 11 is 15.5. The number of carbonyl (C=O) groups excluding carboxylic acids is 2. The van der Waals surface area contributed by atoms with Gasteiger partial charge in [-0.05, 0) is 31.2 Å². The number of hydrogen-bond donors (Lipinski definition) is 2. The molecule has 0 saturated heterocycles. The first-order valence-corrected chi connectivity index (χ1v) is 13.5. The van der Waals surface area contributed by atoms with Crippen molar-refractivity contribution in [2.45, 2.75) is 17.9 Å². The zero-order chi connectivity index (χ0) is 26.5. The van der Waals surface area contributed by atoms with Crippen LogP contribution < -0.4 is 20.7 Å². The molecule has 3 N–H and O–H groups in total. The van der Waals surface area contributed by atoms with E-state index >= 15 is 0 Å². The Morgan fingerprint density at radius 2 is 1.97 bits per heavy atom. The lowest BCUT2D eigenvalue weighted by Gasteiger charge is -2.21. The molecule has 0 aliphatic heterocycles. The van der Waals surface area contributed by atoms with Gasteiger partial charge in [0.05, 0.1) is 23.0 Å². The van der Waals surface area contributed by atoms with Crippen LogP contribution in [0.1, 0.15) is 11.3 Å². The zero-order valence-electron chi connectivity index (χ0n) is 19.8. The molecule has 0 bridgehead atoms. The van der Waals surface area contributed by atoms with Crippen molar-refractivity contribution in [1.82, 2.24) is 20.5 Å². The number of amides is 2. The molecule has 9 nitrogen and oxygen atoms in total. The van der Waals surface area contributed by atoms with Crippen molar-refractivity contribution in [3.05, 3.63) is 63.8 Å². The lowest BCUT2D eigenvalue weighted by Crippen LogP contribution is -2.39. The van der Waals surface area contributed by atoms with Gasteiger partial charge in [-0.3, -0.25) is 9.59 Å². The number of halogens is 2. The Balaban J connectivity index is 1.40. The third-order valence-corrected chi connectivity index (χ3v) is 7.94. The number of hydrogen-bond acceptors (Lipinski definition) is 9. The quantitative estimate of drug-likeness (QED) is 0.274. The average molecular weight is 578 g/mol. The lowest BCUT2D eigenvalue weighted by molar-refractivity contribution is -0.123. The number of pyridine rings is 1. The summed E-state index contributed by atoms with van der Waals surface area (Å²) in [7, 11) is 1.57. The monoisotopic (exact) mass is 576 g/mol. The summed E-state index contributed by atoms with van der Waals surface area (Å²) < 4.78 is 6.63. The summed E-state index contributed by atoms with van der Waals surface area (Å²) in [4.78, 5) is 30.9. The molecule has 2 aromatic carbocycles. The first kappa shape index (κ1) is 26.9. The van der Waals surface area contributed by atoms with E-state index in [9.17, 15) is 9.59 Å². The van der Waals surface area contributed by atoms with Crippen molar-refractivity contribution in [1.29, 1.82) is 0 Å².